The maximum absolute atomic E-state index is 5.62. The smallest absolute Gasteiger partial charge is 0.0270 e. The summed E-state index contributed by atoms with van der Waals surface area (Å²) in [5, 5.41) is 2.13. The van der Waals surface area contributed by atoms with Gasteiger partial charge in [-0.2, -0.15) is 0 Å². The first kappa shape index (κ1) is 13.2. The first-order chi connectivity index (χ1) is 8.88. The molecule has 1 unspecified atom stereocenters. The van der Waals surface area contributed by atoms with Crippen LogP contribution in [0, 0.1) is 0 Å². The van der Waals surface area contributed by atoms with Gasteiger partial charge < -0.3 is 0 Å². The number of rotatable bonds is 7. The second-order valence-electron chi connectivity index (χ2n) is 4.39. The highest BCUT2D eigenvalue weighted by molar-refractivity contribution is 7.09. The summed E-state index contributed by atoms with van der Waals surface area (Å²) in [6.07, 6.45) is 8.02. The van der Waals surface area contributed by atoms with Gasteiger partial charge in [0.2, 0.25) is 0 Å². The zero-order chi connectivity index (χ0) is 12.6. The van der Waals surface area contributed by atoms with Crippen molar-refractivity contribution >= 4 is 11.3 Å². The number of pyridine rings is 1. The van der Waals surface area contributed by atoms with Gasteiger partial charge >= 0.3 is 0 Å². The third-order valence-electron chi connectivity index (χ3n) is 3.02. The number of nitrogens with one attached hydrogen (secondary N) is 1. The summed E-state index contributed by atoms with van der Waals surface area (Å²) >= 11 is 1.83. The lowest BCUT2D eigenvalue weighted by atomic mass is 10.0. The fourth-order valence-corrected chi connectivity index (χ4v) is 2.78. The van der Waals surface area contributed by atoms with Crippen molar-refractivity contribution < 1.29 is 0 Å². The molecule has 0 saturated carbocycles. The van der Waals surface area contributed by atoms with Gasteiger partial charge in [-0.1, -0.05) is 6.07 Å². The van der Waals surface area contributed by atoms with Gasteiger partial charge in [0, 0.05) is 23.3 Å². The largest absolute Gasteiger partial charge is 0.271 e. The molecule has 1 atom stereocenters. The molecule has 2 aromatic rings. The zero-order valence-corrected chi connectivity index (χ0v) is 11.2. The minimum absolute atomic E-state index is 0.340. The maximum Gasteiger partial charge on any atom is 0.0270 e. The number of nitrogens with two attached hydrogens (primary N) is 1. The number of hydrazine groups is 1. The highest BCUT2D eigenvalue weighted by atomic mass is 32.1. The van der Waals surface area contributed by atoms with Crippen LogP contribution in [0.15, 0.2) is 42.0 Å². The van der Waals surface area contributed by atoms with Crippen LogP contribution in [0.25, 0.3) is 0 Å². The van der Waals surface area contributed by atoms with Gasteiger partial charge in [-0.25, -0.2) is 0 Å². The standard InChI is InChI=1S/C14H19N3S/c15-17-13(11-12-6-8-16-9-7-12)3-1-4-14-5-2-10-18-14/h2,5-10,13,17H,1,3-4,11,15H2. The third kappa shape index (κ3) is 4.22. The lowest BCUT2D eigenvalue weighted by Crippen LogP contribution is -2.36. The van der Waals surface area contributed by atoms with E-state index in [1.807, 2.05) is 35.9 Å². The van der Waals surface area contributed by atoms with E-state index in [-0.39, 0.29) is 0 Å². The average molecular weight is 261 g/mol. The van der Waals surface area contributed by atoms with Crippen LogP contribution < -0.4 is 11.3 Å². The lowest BCUT2D eigenvalue weighted by molar-refractivity contribution is 0.477. The Balaban J connectivity index is 1.75. The average Bonchev–Trinajstić information content (AvgIpc) is 2.92. The Labute approximate surface area is 112 Å². The summed E-state index contributed by atoms with van der Waals surface area (Å²) in [5.74, 6) is 5.62. The van der Waals surface area contributed by atoms with Crippen molar-refractivity contribution in [3.8, 4) is 0 Å². The molecule has 4 heteroatoms. The minimum atomic E-state index is 0.340. The van der Waals surface area contributed by atoms with Gasteiger partial charge in [-0.05, 0) is 54.8 Å². The van der Waals surface area contributed by atoms with Crippen molar-refractivity contribution in [3.05, 3.63) is 52.5 Å². The lowest BCUT2D eigenvalue weighted by Gasteiger charge is -2.15. The van der Waals surface area contributed by atoms with Gasteiger partial charge in [-0.15, -0.1) is 11.3 Å². The van der Waals surface area contributed by atoms with E-state index in [2.05, 4.69) is 27.9 Å². The molecule has 3 nitrogen and oxygen atoms in total. The van der Waals surface area contributed by atoms with E-state index in [1.54, 1.807) is 0 Å². The van der Waals surface area contributed by atoms with Gasteiger partial charge in [0.05, 0.1) is 0 Å². The van der Waals surface area contributed by atoms with Crippen molar-refractivity contribution in [1.82, 2.24) is 10.4 Å². The number of aromatic nitrogens is 1. The van der Waals surface area contributed by atoms with Crippen molar-refractivity contribution in [2.75, 3.05) is 0 Å². The molecule has 0 aromatic carbocycles. The van der Waals surface area contributed by atoms with Gasteiger partial charge in [0.1, 0.15) is 0 Å². The number of hydrogen-bond acceptors (Lipinski definition) is 4. The molecule has 2 aromatic heterocycles. The van der Waals surface area contributed by atoms with E-state index < -0.39 is 0 Å². The Kier molecular flexibility index (Phi) is 5.33. The summed E-state index contributed by atoms with van der Waals surface area (Å²) in [5.41, 5.74) is 4.20. The van der Waals surface area contributed by atoms with E-state index in [0.717, 1.165) is 19.3 Å². The van der Waals surface area contributed by atoms with Gasteiger partial charge in [0.15, 0.2) is 0 Å². The number of nitrogens with zero attached hydrogens (tertiary/aromatic N) is 1. The molecule has 96 valence electrons. The van der Waals surface area contributed by atoms with Crippen LogP contribution in [0.5, 0.6) is 0 Å². The molecule has 0 aliphatic rings. The second kappa shape index (κ2) is 7.26. The second-order valence-corrected chi connectivity index (χ2v) is 5.43. The van der Waals surface area contributed by atoms with Crippen LogP contribution in [0.2, 0.25) is 0 Å². The van der Waals surface area contributed by atoms with E-state index in [0.29, 0.717) is 6.04 Å². The summed E-state index contributed by atoms with van der Waals surface area (Å²) in [7, 11) is 0. The van der Waals surface area contributed by atoms with Crippen molar-refractivity contribution in [1.29, 1.82) is 0 Å². The zero-order valence-electron chi connectivity index (χ0n) is 10.4. The molecule has 0 radical (unpaired) electrons. The quantitative estimate of drug-likeness (QED) is 0.595. The van der Waals surface area contributed by atoms with E-state index in [1.165, 1.54) is 16.9 Å². The van der Waals surface area contributed by atoms with E-state index in [9.17, 15) is 0 Å². The molecule has 0 saturated heterocycles. The monoisotopic (exact) mass is 261 g/mol. The van der Waals surface area contributed by atoms with E-state index in [4.69, 9.17) is 5.84 Å². The molecule has 0 aliphatic carbocycles. The van der Waals surface area contributed by atoms with Crippen molar-refractivity contribution in [3.63, 3.8) is 0 Å². The van der Waals surface area contributed by atoms with Gasteiger partial charge in [0.25, 0.3) is 0 Å². The molecule has 3 N–H and O–H groups in total. The molecule has 0 fully saturated rings. The van der Waals surface area contributed by atoms with Gasteiger partial charge in [-0.3, -0.25) is 16.3 Å². The number of thiophene rings is 1. The Hall–Kier alpha value is -1.23. The Morgan fingerprint density at radius 1 is 1.28 bits per heavy atom. The van der Waals surface area contributed by atoms with Crippen molar-refractivity contribution in [2.24, 2.45) is 5.84 Å². The van der Waals surface area contributed by atoms with E-state index >= 15 is 0 Å². The topological polar surface area (TPSA) is 50.9 Å². The molecule has 0 amide bonds. The highest BCUT2D eigenvalue weighted by Gasteiger charge is 2.07. The fourth-order valence-electron chi connectivity index (χ4n) is 2.03. The van der Waals surface area contributed by atoms with Crippen LogP contribution in [-0.4, -0.2) is 11.0 Å². The van der Waals surface area contributed by atoms with Crippen LogP contribution in [0.3, 0.4) is 0 Å². The Morgan fingerprint density at radius 2 is 2.11 bits per heavy atom. The molecule has 2 heterocycles. The Morgan fingerprint density at radius 3 is 2.78 bits per heavy atom. The van der Waals surface area contributed by atoms with Crippen LogP contribution >= 0.6 is 11.3 Å². The first-order valence-corrected chi connectivity index (χ1v) is 7.14. The van der Waals surface area contributed by atoms with Crippen LogP contribution in [0.1, 0.15) is 23.3 Å². The van der Waals surface area contributed by atoms with Crippen LogP contribution in [-0.2, 0) is 12.8 Å². The maximum atomic E-state index is 5.62. The third-order valence-corrected chi connectivity index (χ3v) is 3.96. The molecule has 0 bridgehead atoms. The molecule has 2 rings (SSSR count). The number of aryl methyl sites for hydroxylation is 1. The summed E-state index contributed by atoms with van der Waals surface area (Å²) < 4.78 is 0. The molecule has 18 heavy (non-hydrogen) atoms. The number of hydrogen-bond donors (Lipinski definition) is 2. The molecule has 0 aliphatic heterocycles. The minimum Gasteiger partial charge on any atom is -0.271 e. The van der Waals surface area contributed by atoms with Crippen molar-refractivity contribution in [2.45, 2.75) is 31.7 Å². The molecular weight excluding hydrogens is 242 g/mol. The predicted octanol–water partition coefficient (Wildman–Crippen LogP) is 2.54. The summed E-state index contributed by atoms with van der Waals surface area (Å²) in [6.45, 7) is 0. The molecular formula is C14H19N3S. The normalized spacial score (nSPS) is 12.5. The SMILES string of the molecule is NNC(CCCc1cccs1)Cc1ccncc1. The fraction of sp³-hybridized carbons (Fsp3) is 0.357. The Bertz CT molecular complexity index is 428. The predicted molar refractivity (Wildman–Crippen MR) is 76.3 cm³/mol. The summed E-state index contributed by atoms with van der Waals surface area (Å²) in [6, 6.07) is 8.73. The summed E-state index contributed by atoms with van der Waals surface area (Å²) in [4.78, 5) is 5.48. The first-order valence-electron chi connectivity index (χ1n) is 6.26. The van der Waals surface area contributed by atoms with Crippen LogP contribution in [0.4, 0.5) is 0 Å². The highest BCUT2D eigenvalue weighted by Crippen LogP contribution is 2.14. The molecule has 0 spiro atoms.